The zero-order chi connectivity index (χ0) is 61.2. The summed E-state index contributed by atoms with van der Waals surface area (Å²) >= 11 is 2.83. The summed E-state index contributed by atoms with van der Waals surface area (Å²) in [5.41, 5.74) is 1.30. The first kappa shape index (κ1) is 68.5. The van der Waals surface area contributed by atoms with Gasteiger partial charge in [-0.05, 0) is 90.6 Å². The monoisotopic (exact) mass is 1370 g/mol. The minimum absolute atomic E-state index is 0.0155. The number of aliphatic hydroxyl groups excluding tert-OH is 4. The predicted octanol–water partition coefficient (Wildman–Crippen LogP) is 3.20. The second-order valence-electron chi connectivity index (χ2n) is 20.1. The minimum atomic E-state index is -2.05. The van der Waals surface area contributed by atoms with Gasteiger partial charge in [-0.25, -0.2) is 4.79 Å². The van der Waals surface area contributed by atoms with Gasteiger partial charge in [0, 0.05) is 44.0 Å². The number of likely N-dealkylation sites (N-methyl/N-ethyl adjacent to an activating group) is 1. The quantitative estimate of drug-likeness (QED) is 0.0272. The van der Waals surface area contributed by atoms with Gasteiger partial charge in [0.05, 0.1) is 97.0 Å². The Morgan fingerprint density at radius 3 is 2.27 bits per heavy atom. The van der Waals surface area contributed by atoms with Crippen LogP contribution in [-0.2, 0) is 52.3 Å². The lowest BCUT2D eigenvalue weighted by Crippen LogP contribution is -2.65. The van der Waals surface area contributed by atoms with Crippen molar-refractivity contribution in [2.45, 2.75) is 169 Å². The molecular weight excluding hydrogens is 1290 g/mol. The summed E-state index contributed by atoms with van der Waals surface area (Å²) in [5, 5.41) is 62.7. The highest BCUT2D eigenvalue weighted by Gasteiger charge is 2.52. The Morgan fingerprint density at radius 1 is 0.881 bits per heavy atom. The Morgan fingerprint density at radius 2 is 1.61 bits per heavy atom. The second kappa shape index (κ2) is 31.5. The molecule has 24 nitrogen and oxygen atoms in total. The number of halogens is 1. The molecule has 6 aliphatic rings. The fourth-order valence-corrected chi connectivity index (χ4v) is 14.7. The molecule has 2 aliphatic carbocycles. The summed E-state index contributed by atoms with van der Waals surface area (Å²) < 4.78 is 72.5. The molecule has 29 heteroatoms. The SMILES string of the molecule is CCNC1COC(OC2C(O[C@@H]3C#C/C=C\C#C[C@]4(O)CC(=O)C(NC(=O)OC)=C3/C4=C\CSSSC)OC(C)C(NOC3CC(O)C(SC(=O)c4c(C)c(I)c(OC5OC(C)C(O)C(OC)C5O)c(OC)c4OC)C(C)O3)C2O)CC1OC. The zero-order valence-corrected chi connectivity index (χ0v) is 53.6. The number of rotatable bonds is 22. The summed E-state index contributed by atoms with van der Waals surface area (Å²) in [4.78, 5) is 47.5. The average Bonchev–Trinajstić information content (AvgIpc) is 1.36. The van der Waals surface area contributed by atoms with Crippen LogP contribution in [0.15, 0.2) is 35.1 Å². The summed E-state index contributed by atoms with van der Waals surface area (Å²) in [7, 11) is 11.3. The number of hydrogen-bond acceptors (Lipinski definition) is 27. The van der Waals surface area contributed by atoms with Crippen molar-refractivity contribution >= 4 is 82.8 Å². The Hall–Kier alpha value is -2.94. The number of ketones is 1. The average molecular weight is 1370 g/mol. The van der Waals surface area contributed by atoms with Gasteiger partial charge in [0.25, 0.3) is 0 Å². The van der Waals surface area contributed by atoms with E-state index in [2.05, 4.69) is 39.8 Å². The highest BCUT2D eigenvalue weighted by Crippen LogP contribution is 2.49. The number of hydroxylamine groups is 1. The molecule has 4 aliphatic heterocycles. The van der Waals surface area contributed by atoms with Crippen LogP contribution in [0.5, 0.6) is 17.2 Å². The highest BCUT2D eigenvalue weighted by atomic mass is 127. The molecule has 0 aromatic heterocycles. The maximum absolute atomic E-state index is 14.4. The second-order valence-corrected chi connectivity index (χ2v) is 26.7. The number of amides is 1. The Bertz CT molecular complexity index is 2710. The number of carbonyl (C=O) groups excluding carboxylic acids is 3. The molecule has 19 atom stereocenters. The number of benzene rings is 1. The Kier molecular flexibility index (Phi) is 25.7. The normalized spacial score (nSPS) is 35.9. The first-order valence-electron chi connectivity index (χ1n) is 26.9. The predicted molar refractivity (Wildman–Crippen MR) is 320 cm³/mol. The standard InChI is InChI=1S/C55H74IN3O21S4/c1-12-57-30-24-73-35(22-34(30)68-6)78-48-43(63)40(26(3)75-53(48)77-33-17-15-13-14-16-19-55(67)23-32(61)41(58-54(66)72-10)38(33)29(55)18-20-82-84-81-11)59-80-36-21-31(60)50(28(5)74-36)83-51(65)37-25(2)39(56)46(49(71-9)45(37)69-7)79-52-44(64)47(70-8)42(62)27(4)76-52/h13-14,18,26-28,30-31,33-36,40,42-44,47-48,50,52-53,57,59-60,62-64,67H,12,20-24H2,1-11H3,(H,58,66)/b14-13-,29-18+/t26?,27?,28?,30?,31?,33-,34?,35?,36?,40?,42?,43?,44?,47?,48?,50?,52?,53?,55+/m1/s1. The number of Topliss-reactive ketones (excluding diaryl/α,β-unsaturated/α-hetero) is 1. The van der Waals surface area contributed by atoms with E-state index in [0.29, 0.717) is 21.4 Å². The summed E-state index contributed by atoms with van der Waals surface area (Å²) in [6.07, 6.45) is -11.9. The molecule has 2 bridgehead atoms. The lowest BCUT2D eigenvalue weighted by atomic mass is 9.75. The van der Waals surface area contributed by atoms with Gasteiger partial charge in [-0.15, -0.1) is 0 Å². The first-order chi connectivity index (χ1) is 40.2. The molecule has 0 saturated carbocycles. The summed E-state index contributed by atoms with van der Waals surface area (Å²) in [6, 6.07) is -1.27. The third-order valence-electron chi connectivity index (χ3n) is 14.8. The molecule has 4 heterocycles. The number of thioether (sulfide) groups is 1. The number of allylic oxidation sites excluding steroid dienone is 3. The van der Waals surface area contributed by atoms with E-state index in [1.165, 1.54) is 64.9 Å². The van der Waals surface area contributed by atoms with Gasteiger partial charge in [0.2, 0.25) is 17.2 Å². The van der Waals surface area contributed by atoms with Crippen LogP contribution < -0.4 is 30.3 Å². The van der Waals surface area contributed by atoms with Gasteiger partial charge >= 0.3 is 6.09 Å². The van der Waals surface area contributed by atoms with E-state index < -0.39 is 127 Å². The summed E-state index contributed by atoms with van der Waals surface area (Å²) in [6.45, 7) is 9.41. The van der Waals surface area contributed by atoms with Crippen molar-refractivity contribution in [3.8, 4) is 40.9 Å². The smallest absolute Gasteiger partial charge is 0.411 e. The molecule has 7 rings (SSSR count). The van der Waals surface area contributed by atoms with Crippen LogP contribution in [0.2, 0.25) is 0 Å². The summed E-state index contributed by atoms with van der Waals surface area (Å²) in [5.74, 6) is 11.3. The van der Waals surface area contributed by atoms with Crippen LogP contribution in [0.4, 0.5) is 4.79 Å². The maximum Gasteiger partial charge on any atom is 0.411 e. The fraction of sp³-hybridized carbons (Fsp3) is 0.655. The van der Waals surface area contributed by atoms with Crippen molar-refractivity contribution in [2.24, 2.45) is 0 Å². The van der Waals surface area contributed by atoms with E-state index in [9.17, 15) is 39.9 Å². The number of methoxy groups -OCH3 is 5. The topological polar surface area (TPSA) is 308 Å². The molecule has 1 aromatic rings. The van der Waals surface area contributed by atoms with Gasteiger partial charge in [0.1, 0.15) is 36.6 Å². The van der Waals surface area contributed by atoms with Crippen LogP contribution in [0.1, 0.15) is 62.9 Å². The molecule has 17 unspecified atom stereocenters. The molecule has 8 N–H and O–H groups in total. The van der Waals surface area contributed by atoms with Crippen LogP contribution >= 0.6 is 65.8 Å². The van der Waals surface area contributed by atoms with E-state index in [1.54, 1.807) is 40.9 Å². The fourth-order valence-electron chi connectivity index (χ4n) is 10.5. The number of hydrogen-bond donors (Lipinski definition) is 8. The third-order valence-corrected chi connectivity index (χ3v) is 21.2. The van der Waals surface area contributed by atoms with Crippen LogP contribution in [0, 0.1) is 34.2 Å². The van der Waals surface area contributed by atoms with E-state index in [1.807, 2.05) is 35.8 Å². The number of nitrogens with one attached hydrogen (secondary N) is 3. The van der Waals surface area contributed by atoms with Crippen molar-refractivity contribution in [3.63, 3.8) is 0 Å². The number of aliphatic hydroxyl groups is 5. The van der Waals surface area contributed by atoms with Gasteiger partial charge in [-0.2, -0.15) is 5.48 Å². The number of carbonyl (C=O) groups is 3. The zero-order valence-electron chi connectivity index (χ0n) is 48.1. The molecule has 466 valence electrons. The Balaban J connectivity index is 1.12. The Labute approximate surface area is 517 Å². The molecule has 4 saturated heterocycles. The van der Waals surface area contributed by atoms with Crippen LogP contribution in [0.25, 0.3) is 0 Å². The molecule has 4 fully saturated rings. The van der Waals surface area contributed by atoms with E-state index in [4.69, 9.17) is 61.7 Å². The lowest BCUT2D eigenvalue weighted by molar-refractivity contribution is -0.336. The molecule has 1 amide bonds. The van der Waals surface area contributed by atoms with Crippen LogP contribution in [0.3, 0.4) is 0 Å². The van der Waals surface area contributed by atoms with Gasteiger partial charge < -0.3 is 87.7 Å². The highest BCUT2D eigenvalue weighted by molar-refractivity contribution is 14.1. The largest absolute Gasteiger partial charge is 0.492 e. The molecular formula is C55H74IN3O21S4. The lowest BCUT2D eigenvalue weighted by Gasteiger charge is -2.46. The molecule has 84 heavy (non-hydrogen) atoms. The van der Waals surface area contributed by atoms with E-state index in [-0.39, 0.29) is 71.2 Å². The van der Waals surface area contributed by atoms with Crippen molar-refractivity contribution in [2.75, 3.05) is 60.7 Å². The molecule has 1 aromatic carbocycles. The van der Waals surface area contributed by atoms with Crippen molar-refractivity contribution in [3.05, 3.63) is 49.8 Å². The van der Waals surface area contributed by atoms with E-state index in [0.717, 1.165) is 18.9 Å². The number of alkyl carbamates (subject to hydrolysis) is 1. The third kappa shape index (κ3) is 15.7. The van der Waals surface area contributed by atoms with Crippen LogP contribution in [-0.4, -0.2) is 218 Å². The molecule has 0 spiro atoms. The minimum Gasteiger partial charge on any atom is -0.492 e. The van der Waals surface area contributed by atoms with Gasteiger partial charge in [-0.1, -0.05) is 70.0 Å². The van der Waals surface area contributed by atoms with Gasteiger partial charge in [-0.3, -0.25) is 19.7 Å². The number of fused-ring (bicyclic) bond motifs is 2. The van der Waals surface area contributed by atoms with Gasteiger partial charge in [0.15, 0.2) is 41.8 Å². The maximum atomic E-state index is 14.4. The van der Waals surface area contributed by atoms with E-state index >= 15 is 0 Å². The van der Waals surface area contributed by atoms with Crippen molar-refractivity contribution in [1.82, 2.24) is 16.1 Å². The number of ether oxygens (including phenoxy) is 12. The molecule has 0 radical (unpaired) electrons. The van der Waals surface area contributed by atoms with Crippen molar-refractivity contribution < 1.29 is 102 Å². The first-order valence-corrected chi connectivity index (χ1v) is 32.9. The van der Waals surface area contributed by atoms with Crippen molar-refractivity contribution in [1.29, 1.82) is 0 Å².